The first-order valence-corrected chi connectivity index (χ1v) is 10.2. The second-order valence-electron chi connectivity index (χ2n) is 7.81. The van der Waals surface area contributed by atoms with Crippen LogP contribution >= 0.6 is 0 Å². The van der Waals surface area contributed by atoms with Gasteiger partial charge in [-0.25, -0.2) is 0 Å². The number of aromatic nitrogens is 2. The van der Waals surface area contributed by atoms with E-state index >= 15 is 0 Å². The molecule has 5 heteroatoms. The summed E-state index contributed by atoms with van der Waals surface area (Å²) in [6, 6.07) is 12.7. The van der Waals surface area contributed by atoms with Crippen molar-refractivity contribution < 1.29 is 9.84 Å². The van der Waals surface area contributed by atoms with Crippen molar-refractivity contribution >= 4 is 10.8 Å². The largest absolute Gasteiger partial charge is 0.497 e. The fourth-order valence-corrected chi connectivity index (χ4v) is 4.34. The van der Waals surface area contributed by atoms with Crippen LogP contribution in [0, 0.1) is 5.92 Å². The maximum absolute atomic E-state index is 9.10. The predicted octanol–water partition coefficient (Wildman–Crippen LogP) is 4.22. The first kappa shape index (κ1) is 19.0. The Morgan fingerprint density at radius 2 is 2.07 bits per heavy atom. The van der Waals surface area contributed by atoms with Crippen molar-refractivity contribution in [3.63, 3.8) is 0 Å². The van der Waals surface area contributed by atoms with E-state index in [-0.39, 0.29) is 0 Å². The van der Waals surface area contributed by atoms with Gasteiger partial charge in [-0.05, 0) is 67.1 Å². The summed E-state index contributed by atoms with van der Waals surface area (Å²) in [5, 5.41) is 19.0. The Morgan fingerprint density at radius 3 is 2.93 bits per heavy atom. The minimum absolute atomic E-state index is 0.302. The Labute approximate surface area is 166 Å². The van der Waals surface area contributed by atoms with Crippen molar-refractivity contribution in [3.05, 3.63) is 48.2 Å². The number of aliphatic hydroxyl groups is 1. The number of methoxy groups -OCH3 is 1. The number of rotatable bonds is 7. The molecule has 1 aliphatic heterocycles. The van der Waals surface area contributed by atoms with Crippen molar-refractivity contribution in [2.24, 2.45) is 5.92 Å². The van der Waals surface area contributed by atoms with E-state index in [1.54, 1.807) is 7.11 Å². The summed E-state index contributed by atoms with van der Waals surface area (Å²) in [4.78, 5) is 2.53. The molecule has 1 unspecified atom stereocenters. The maximum atomic E-state index is 9.10. The van der Waals surface area contributed by atoms with Crippen LogP contribution in [0.4, 0.5) is 0 Å². The number of hydrogen-bond acceptors (Lipinski definition) is 4. The molecule has 0 bridgehead atoms. The molecule has 0 saturated carbocycles. The van der Waals surface area contributed by atoms with E-state index in [2.05, 4.69) is 45.4 Å². The quantitative estimate of drug-likeness (QED) is 0.645. The number of benzene rings is 2. The highest BCUT2D eigenvalue weighted by Crippen LogP contribution is 2.29. The highest BCUT2D eigenvalue weighted by atomic mass is 16.5. The minimum Gasteiger partial charge on any atom is -0.497 e. The highest BCUT2D eigenvalue weighted by Gasteiger charge is 2.21. The van der Waals surface area contributed by atoms with Crippen LogP contribution in [-0.4, -0.2) is 47.0 Å². The SMILES string of the molecule is COc1ccc2cc(-c3[nH]ncc3CN3CCCC(CCCO)C3)ccc2c1. The van der Waals surface area contributed by atoms with Crippen molar-refractivity contribution in [1.29, 1.82) is 0 Å². The molecule has 2 N–H and O–H groups in total. The van der Waals surface area contributed by atoms with Crippen molar-refractivity contribution in [2.45, 2.75) is 32.2 Å². The Bertz CT molecular complexity index is 921. The van der Waals surface area contributed by atoms with Crippen LogP contribution in [0.15, 0.2) is 42.6 Å². The lowest BCUT2D eigenvalue weighted by Gasteiger charge is -2.32. The Hall–Kier alpha value is -2.37. The molecule has 0 aliphatic carbocycles. The van der Waals surface area contributed by atoms with Crippen molar-refractivity contribution in [1.82, 2.24) is 15.1 Å². The molecule has 0 amide bonds. The third-order valence-electron chi connectivity index (χ3n) is 5.82. The Kier molecular flexibility index (Phi) is 5.93. The van der Waals surface area contributed by atoms with Crippen LogP contribution in [-0.2, 0) is 6.54 Å². The van der Waals surface area contributed by atoms with Gasteiger partial charge >= 0.3 is 0 Å². The van der Waals surface area contributed by atoms with Crippen molar-refractivity contribution in [2.75, 3.05) is 26.8 Å². The van der Waals surface area contributed by atoms with Gasteiger partial charge in [-0.3, -0.25) is 10.00 Å². The monoisotopic (exact) mass is 379 g/mol. The van der Waals surface area contributed by atoms with Gasteiger partial charge < -0.3 is 9.84 Å². The normalized spacial score (nSPS) is 17.9. The van der Waals surface area contributed by atoms with E-state index in [1.807, 2.05) is 12.3 Å². The molecule has 1 atom stereocenters. The number of nitrogens with zero attached hydrogens (tertiary/aromatic N) is 2. The number of hydrogen-bond donors (Lipinski definition) is 2. The topological polar surface area (TPSA) is 61.4 Å². The van der Waals surface area contributed by atoms with Crippen molar-refractivity contribution in [3.8, 4) is 17.0 Å². The number of aliphatic hydroxyl groups excluding tert-OH is 1. The summed E-state index contributed by atoms with van der Waals surface area (Å²) in [7, 11) is 1.70. The molecule has 1 aromatic heterocycles. The summed E-state index contributed by atoms with van der Waals surface area (Å²) < 4.78 is 5.33. The Balaban J connectivity index is 1.51. The van der Waals surface area contributed by atoms with Crippen LogP contribution in [0.2, 0.25) is 0 Å². The summed E-state index contributed by atoms with van der Waals surface area (Å²) in [5.74, 6) is 1.58. The van der Waals surface area contributed by atoms with Crippen LogP contribution in [0.25, 0.3) is 22.0 Å². The highest BCUT2D eigenvalue weighted by molar-refractivity contribution is 5.88. The molecular formula is C23H29N3O2. The number of fused-ring (bicyclic) bond motifs is 1. The van der Waals surface area contributed by atoms with E-state index < -0.39 is 0 Å². The molecule has 5 nitrogen and oxygen atoms in total. The number of nitrogens with one attached hydrogen (secondary N) is 1. The average Bonchev–Trinajstić information content (AvgIpc) is 3.19. The summed E-state index contributed by atoms with van der Waals surface area (Å²) in [6.45, 7) is 3.47. The summed E-state index contributed by atoms with van der Waals surface area (Å²) >= 11 is 0. The van der Waals surface area contributed by atoms with Gasteiger partial charge in [-0.2, -0.15) is 5.10 Å². The van der Waals surface area contributed by atoms with E-state index in [1.165, 1.54) is 34.7 Å². The van der Waals surface area contributed by atoms with Gasteiger partial charge in [0.15, 0.2) is 0 Å². The second-order valence-corrected chi connectivity index (χ2v) is 7.81. The third kappa shape index (κ3) is 4.21. The molecule has 148 valence electrons. The zero-order valence-electron chi connectivity index (χ0n) is 16.5. The zero-order valence-corrected chi connectivity index (χ0v) is 16.5. The third-order valence-corrected chi connectivity index (χ3v) is 5.82. The lowest BCUT2D eigenvalue weighted by Crippen LogP contribution is -2.35. The minimum atomic E-state index is 0.302. The molecule has 2 heterocycles. The van der Waals surface area contributed by atoms with E-state index in [4.69, 9.17) is 9.84 Å². The standard InChI is InChI=1S/C23H29N3O2/c1-28-22-9-8-18-12-20(7-6-19(18)13-22)23-21(14-24-25-23)16-26-10-2-4-17(15-26)5-3-11-27/h6-9,12-14,17,27H,2-5,10-11,15-16H2,1H3,(H,24,25). The first-order chi connectivity index (χ1) is 13.8. The molecule has 28 heavy (non-hydrogen) atoms. The Morgan fingerprint density at radius 1 is 1.21 bits per heavy atom. The zero-order chi connectivity index (χ0) is 19.3. The van der Waals surface area contributed by atoms with E-state index in [0.29, 0.717) is 12.5 Å². The van der Waals surface area contributed by atoms with Gasteiger partial charge in [-0.15, -0.1) is 0 Å². The second kappa shape index (κ2) is 8.76. The molecule has 1 aliphatic rings. The number of aromatic amines is 1. The van der Waals surface area contributed by atoms with Gasteiger partial charge in [0.05, 0.1) is 19.0 Å². The van der Waals surface area contributed by atoms with Crippen LogP contribution in [0.1, 0.15) is 31.2 Å². The predicted molar refractivity (Wildman–Crippen MR) is 112 cm³/mol. The smallest absolute Gasteiger partial charge is 0.119 e. The molecule has 3 aromatic rings. The van der Waals surface area contributed by atoms with Gasteiger partial charge in [-0.1, -0.05) is 18.2 Å². The van der Waals surface area contributed by atoms with E-state index in [9.17, 15) is 0 Å². The van der Waals surface area contributed by atoms with Gasteiger partial charge in [0, 0.05) is 30.8 Å². The van der Waals surface area contributed by atoms with Gasteiger partial charge in [0.1, 0.15) is 5.75 Å². The molecule has 0 radical (unpaired) electrons. The summed E-state index contributed by atoms with van der Waals surface area (Å²) in [6.07, 6.45) is 6.52. The van der Waals surface area contributed by atoms with Crippen LogP contribution in [0.5, 0.6) is 5.75 Å². The number of ether oxygens (including phenoxy) is 1. The van der Waals surface area contributed by atoms with E-state index in [0.717, 1.165) is 43.9 Å². The molecule has 4 rings (SSSR count). The van der Waals surface area contributed by atoms with Gasteiger partial charge in [0.25, 0.3) is 0 Å². The fourth-order valence-electron chi connectivity index (χ4n) is 4.34. The van der Waals surface area contributed by atoms with Crippen LogP contribution < -0.4 is 4.74 Å². The maximum Gasteiger partial charge on any atom is 0.119 e. The molecule has 1 fully saturated rings. The first-order valence-electron chi connectivity index (χ1n) is 10.2. The average molecular weight is 380 g/mol. The van der Waals surface area contributed by atoms with Crippen LogP contribution in [0.3, 0.4) is 0 Å². The molecular weight excluding hydrogens is 350 g/mol. The summed E-state index contributed by atoms with van der Waals surface area (Å²) in [5.41, 5.74) is 3.52. The number of piperidine rings is 1. The number of likely N-dealkylation sites (tertiary alicyclic amines) is 1. The molecule has 0 spiro atoms. The van der Waals surface area contributed by atoms with Gasteiger partial charge in [0.2, 0.25) is 0 Å². The fraction of sp³-hybridized carbons (Fsp3) is 0.435. The lowest BCUT2D eigenvalue weighted by atomic mass is 9.93. The molecule has 1 saturated heterocycles. The molecule has 2 aromatic carbocycles. The lowest BCUT2D eigenvalue weighted by molar-refractivity contribution is 0.153. The number of H-pyrrole nitrogens is 1.